The first-order valence-corrected chi connectivity index (χ1v) is 8.86. The van der Waals surface area contributed by atoms with Crippen molar-refractivity contribution in [3.05, 3.63) is 29.8 Å². The molecule has 1 heterocycles. The van der Waals surface area contributed by atoms with Gasteiger partial charge in [-0.2, -0.15) is 11.8 Å². The first-order chi connectivity index (χ1) is 8.07. The molecule has 0 aliphatic carbocycles. The average Bonchev–Trinajstić information content (AvgIpc) is 2.30. The van der Waals surface area contributed by atoms with Crippen LogP contribution in [0.4, 0.5) is 0 Å². The number of nitrogens with zero attached hydrogens (tertiary/aromatic N) is 1. The van der Waals surface area contributed by atoms with Crippen molar-refractivity contribution in [3.8, 4) is 0 Å². The number of rotatable bonds is 3. The van der Waals surface area contributed by atoms with Gasteiger partial charge < -0.3 is 0 Å². The predicted molar refractivity (Wildman–Crippen MR) is 72.1 cm³/mol. The summed E-state index contributed by atoms with van der Waals surface area (Å²) in [5.41, 5.74) is 0.786. The molecule has 94 valence electrons. The maximum absolute atomic E-state index is 11.4. The van der Waals surface area contributed by atoms with Gasteiger partial charge in [-0.25, -0.2) is 8.42 Å². The summed E-state index contributed by atoms with van der Waals surface area (Å²) >= 11 is 1.93. The summed E-state index contributed by atoms with van der Waals surface area (Å²) in [7, 11) is 1.79. The minimum atomic E-state index is -3.64. The fraction of sp³-hybridized carbons (Fsp3) is 0.455. The largest absolute Gasteiger partial charge is 0.297 e. The highest BCUT2D eigenvalue weighted by Crippen LogP contribution is 2.22. The molecule has 3 nitrogen and oxygen atoms in total. The Morgan fingerprint density at radius 2 is 1.88 bits per heavy atom. The van der Waals surface area contributed by atoms with Gasteiger partial charge >= 0.3 is 0 Å². The molecule has 1 fully saturated rings. The van der Waals surface area contributed by atoms with E-state index in [1.54, 1.807) is 12.1 Å². The molecule has 0 atom stereocenters. The van der Waals surface area contributed by atoms with Crippen molar-refractivity contribution in [3.63, 3.8) is 0 Å². The second-order valence-electron chi connectivity index (χ2n) is 3.93. The van der Waals surface area contributed by atoms with Crippen LogP contribution in [0.3, 0.4) is 0 Å². The van der Waals surface area contributed by atoms with Crippen LogP contribution in [0.25, 0.3) is 0 Å². The molecule has 1 aromatic carbocycles. The van der Waals surface area contributed by atoms with Crippen LogP contribution in [-0.4, -0.2) is 37.9 Å². The molecule has 1 saturated heterocycles. The molecule has 0 amide bonds. The highest BCUT2D eigenvalue weighted by molar-refractivity contribution is 8.13. The second-order valence-corrected chi connectivity index (χ2v) is 7.69. The summed E-state index contributed by atoms with van der Waals surface area (Å²) < 4.78 is 22.9. The second kappa shape index (κ2) is 5.61. The van der Waals surface area contributed by atoms with Crippen molar-refractivity contribution in [2.24, 2.45) is 0 Å². The molecular weight excluding hydrogens is 278 g/mol. The maximum Gasteiger partial charge on any atom is 0.261 e. The van der Waals surface area contributed by atoms with E-state index in [0.717, 1.165) is 30.2 Å². The summed E-state index contributed by atoms with van der Waals surface area (Å²) in [5.74, 6) is 2.21. The lowest BCUT2D eigenvalue weighted by Gasteiger charge is -2.26. The van der Waals surface area contributed by atoms with Crippen LogP contribution in [0.15, 0.2) is 29.2 Å². The molecule has 6 heteroatoms. The molecule has 1 aliphatic rings. The molecule has 0 aromatic heterocycles. The van der Waals surface area contributed by atoms with Gasteiger partial charge in [-0.1, -0.05) is 18.2 Å². The monoisotopic (exact) mass is 291 g/mol. The van der Waals surface area contributed by atoms with Crippen molar-refractivity contribution in [1.29, 1.82) is 0 Å². The van der Waals surface area contributed by atoms with E-state index in [1.807, 2.05) is 23.9 Å². The van der Waals surface area contributed by atoms with Crippen LogP contribution in [0.5, 0.6) is 0 Å². The summed E-state index contributed by atoms with van der Waals surface area (Å²) in [5, 5.41) is 0. The molecule has 0 N–H and O–H groups in total. The van der Waals surface area contributed by atoms with Crippen molar-refractivity contribution >= 4 is 31.5 Å². The fourth-order valence-corrected chi connectivity index (χ4v) is 3.99. The van der Waals surface area contributed by atoms with E-state index in [4.69, 9.17) is 10.7 Å². The Bertz CT molecular complexity index is 484. The zero-order valence-corrected chi connectivity index (χ0v) is 11.7. The Balaban J connectivity index is 2.20. The van der Waals surface area contributed by atoms with E-state index in [2.05, 4.69) is 4.90 Å². The van der Waals surface area contributed by atoms with Gasteiger partial charge in [0.2, 0.25) is 0 Å². The summed E-state index contributed by atoms with van der Waals surface area (Å²) in [4.78, 5) is 2.50. The molecule has 1 aliphatic heterocycles. The number of hydrogen-bond donors (Lipinski definition) is 0. The third-order valence-electron chi connectivity index (χ3n) is 2.73. The summed E-state index contributed by atoms with van der Waals surface area (Å²) in [6.45, 7) is 2.66. The highest BCUT2D eigenvalue weighted by atomic mass is 35.7. The molecule has 0 radical (unpaired) electrons. The highest BCUT2D eigenvalue weighted by Gasteiger charge is 2.18. The van der Waals surface area contributed by atoms with Gasteiger partial charge in [0, 0.05) is 41.8 Å². The van der Waals surface area contributed by atoms with Crippen LogP contribution in [0, 0.1) is 0 Å². The van der Waals surface area contributed by atoms with Gasteiger partial charge in [0.05, 0.1) is 4.90 Å². The normalized spacial score (nSPS) is 18.2. The summed E-state index contributed by atoms with van der Waals surface area (Å²) in [6.07, 6.45) is 0. The lowest BCUT2D eigenvalue weighted by Crippen LogP contribution is -2.32. The minimum absolute atomic E-state index is 0.236. The Labute approximate surface area is 111 Å². The lowest BCUT2D eigenvalue weighted by atomic mass is 10.2. The molecule has 17 heavy (non-hydrogen) atoms. The van der Waals surface area contributed by atoms with Gasteiger partial charge in [0.1, 0.15) is 0 Å². The topological polar surface area (TPSA) is 37.4 Å². The Hall–Kier alpha value is -0.230. The van der Waals surface area contributed by atoms with E-state index < -0.39 is 9.05 Å². The standard InChI is InChI=1S/C11H14ClNO2S2/c12-17(14,15)11-4-2-1-3-10(11)9-13-5-7-16-8-6-13/h1-4H,5-9H2. The minimum Gasteiger partial charge on any atom is -0.297 e. The Morgan fingerprint density at radius 1 is 1.24 bits per heavy atom. The van der Waals surface area contributed by atoms with Crippen molar-refractivity contribution in [2.75, 3.05) is 24.6 Å². The molecule has 0 unspecified atom stereocenters. The van der Waals surface area contributed by atoms with Gasteiger partial charge in [-0.3, -0.25) is 4.90 Å². The van der Waals surface area contributed by atoms with Crippen molar-refractivity contribution in [2.45, 2.75) is 11.4 Å². The maximum atomic E-state index is 11.4. The number of thioether (sulfide) groups is 1. The third-order valence-corrected chi connectivity index (χ3v) is 5.10. The molecule has 0 spiro atoms. The van der Waals surface area contributed by atoms with E-state index in [9.17, 15) is 8.42 Å². The molecule has 1 aromatic rings. The number of benzene rings is 1. The zero-order chi connectivity index (χ0) is 12.3. The van der Waals surface area contributed by atoms with Crippen LogP contribution >= 0.6 is 22.4 Å². The van der Waals surface area contributed by atoms with E-state index in [0.29, 0.717) is 6.54 Å². The van der Waals surface area contributed by atoms with Crippen molar-refractivity contribution in [1.82, 2.24) is 4.90 Å². The van der Waals surface area contributed by atoms with Gasteiger partial charge in [0.25, 0.3) is 9.05 Å². The van der Waals surface area contributed by atoms with Crippen LogP contribution < -0.4 is 0 Å². The van der Waals surface area contributed by atoms with Crippen LogP contribution in [-0.2, 0) is 15.6 Å². The fourth-order valence-electron chi connectivity index (χ4n) is 1.87. The van der Waals surface area contributed by atoms with Gasteiger partial charge in [-0.05, 0) is 11.6 Å². The number of halogens is 1. The number of hydrogen-bond acceptors (Lipinski definition) is 4. The van der Waals surface area contributed by atoms with E-state index >= 15 is 0 Å². The third kappa shape index (κ3) is 3.61. The van der Waals surface area contributed by atoms with Crippen LogP contribution in [0.2, 0.25) is 0 Å². The molecule has 0 saturated carbocycles. The molecule has 2 rings (SSSR count). The van der Waals surface area contributed by atoms with E-state index in [1.165, 1.54) is 0 Å². The zero-order valence-electron chi connectivity index (χ0n) is 9.30. The SMILES string of the molecule is O=S(=O)(Cl)c1ccccc1CN1CCSCC1. The molecule has 0 bridgehead atoms. The summed E-state index contributed by atoms with van der Waals surface area (Å²) in [6, 6.07) is 6.94. The Kier molecular flexibility index (Phi) is 4.36. The first kappa shape index (κ1) is 13.2. The first-order valence-electron chi connectivity index (χ1n) is 5.40. The molecular formula is C11H14ClNO2S2. The van der Waals surface area contributed by atoms with Gasteiger partial charge in [-0.15, -0.1) is 0 Å². The average molecular weight is 292 g/mol. The van der Waals surface area contributed by atoms with Crippen LogP contribution in [0.1, 0.15) is 5.56 Å². The lowest BCUT2D eigenvalue weighted by molar-refractivity contribution is 0.292. The van der Waals surface area contributed by atoms with Crippen molar-refractivity contribution < 1.29 is 8.42 Å². The smallest absolute Gasteiger partial charge is 0.261 e. The quantitative estimate of drug-likeness (QED) is 0.800. The van der Waals surface area contributed by atoms with E-state index in [-0.39, 0.29) is 4.90 Å². The van der Waals surface area contributed by atoms with Gasteiger partial charge in [0.15, 0.2) is 0 Å². The Morgan fingerprint density at radius 3 is 2.53 bits per heavy atom. The predicted octanol–water partition coefficient (Wildman–Crippen LogP) is 2.16.